The summed E-state index contributed by atoms with van der Waals surface area (Å²) in [5.41, 5.74) is 1.26. The van der Waals surface area contributed by atoms with E-state index in [1.165, 1.54) is 25.0 Å². The van der Waals surface area contributed by atoms with Gasteiger partial charge in [0.25, 0.3) is 5.70 Å². The Bertz CT molecular complexity index is 182. The Morgan fingerprint density at radius 3 is 3.40 bits per heavy atom. The average Bonchev–Trinajstić information content (AvgIpc) is 2.05. The van der Waals surface area contributed by atoms with Crippen LogP contribution >= 0.6 is 0 Å². The van der Waals surface area contributed by atoms with Gasteiger partial charge in [0.15, 0.2) is 0 Å². The third-order valence-corrected chi connectivity index (χ3v) is 2.19. The molecule has 0 aromatic heterocycles. The molecule has 0 aromatic carbocycles. The summed E-state index contributed by atoms with van der Waals surface area (Å²) in [6, 6.07) is 0. The fourth-order valence-electron chi connectivity index (χ4n) is 1.58. The van der Waals surface area contributed by atoms with E-state index >= 15 is 0 Å². The molecule has 10 heavy (non-hydrogen) atoms. The van der Waals surface area contributed by atoms with Gasteiger partial charge >= 0.3 is 0 Å². The van der Waals surface area contributed by atoms with Crippen LogP contribution in [-0.4, -0.2) is 12.8 Å². The van der Waals surface area contributed by atoms with E-state index in [2.05, 4.69) is 16.5 Å². The Labute approximate surface area is 61.0 Å². The first-order valence-electron chi connectivity index (χ1n) is 3.93. The van der Waals surface area contributed by atoms with E-state index in [0.29, 0.717) is 0 Å². The predicted octanol–water partition coefficient (Wildman–Crippen LogP) is 0.638. The van der Waals surface area contributed by atoms with Gasteiger partial charge < -0.3 is 5.32 Å². The van der Waals surface area contributed by atoms with Crippen LogP contribution in [-0.2, 0) is 0 Å². The molecule has 0 spiro atoms. The topological polar surface area (TPSA) is 26.1 Å². The van der Waals surface area contributed by atoms with Crippen LogP contribution in [0, 0.1) is 5.92 Å². The van der Waals surface area contributed by atoms with E-state index in [-0.39, 0.29) is 0 Å². The Morgan fingerprint density at radius 1 is 1.50 bits per heavy atom. The summed E-state index contributed by atoms with van der Waals surface area (Å²) in [5.74, 6) is 0.756. The molecule has 2 nitrogen and oxygen atoms in total. The van der Waals surface area contributed by atoms with Crippen LogP contribution in [0.15, 0.2) is 11.9 Å². The van der Waals surface area contributed by atoms with Gasteiger partial charge in [0.05, 0.1) is 17.1 Å². The zero-order chi connectivity index (χ0) is 6.81. The summed E-state index contributed by atoms with van der Waals surface area (Å²) in [5, 5.41) is 3.21. The van der Waals surface area contributed by atoms with Gasteiger partial charge in [0.1, 0.15) is 0 Å². The monoisotopic (exact) mass is 136 g/mol. The SMILES string of the molecule is C1=[N+]C2=CNCCC2CC1. The molecule has 0 bridgehead atoms. The van der Waals surface area contributed by atoms with E-state index in [4.69, 9.17) is 0 Å². The zero-order valence-corrected chi connectivity index (χ0v) is 6.01. The van der Waals surface area contributed by atoms with Gasteiger partial charge in [-0.05, 0) is 12.8 Å². The molecule has 0 saturated heterocycles. The molecule has 53 valence electrons. The van der Waals surface area contributed by atoms with Crippen molar-refractivity contribution in [3.63, 3.8) is 0 Å². The Hall–Kier alpha value is -0.790. The highest BCUT2D eigenvalue weighted by molar-refractivity contribution is 5.58. The maximum atomic E-state index is 4.33. The quantitative estimate of drug-likeness (QED) is 0.519. The number of nitrogens with zero attached hydrogens (tertiary/aromatic N) is 1. The van der Waals surface area contributed by atoms with Crippen molar-refractivity contribution in [1.29, 1.82) is 0 Å². The first-order valence-corrected chi connectivity index (χ1v) is 3.93. The maximum Gasteiger partial charge on any atom is 0.272 e. The van der Waals surface area contributed by atoms with Crippen LogP contribution in [0.2, 0.25) is 0 Å². The minimum Gasteiger partial charge on any atom is -0.386 e. The van der Waals surface area contributed by atoms with Crippen LogP contribution in [0.4, 0.5) is 0 Å². The van der Waals surface area contributed by atoms with Crippen molar-refractivity contribution in [2.75, 3.05) is 6.54 Å². The number of rotatable bonds is 0. The van der Waals surface area contributed by atoms with Gasteiger partial charge in [-0.3, -0.25) is 0 Å². The third-order valence-electron chi connectivity index (χ3n) is 2.19. The third kappa shape index (κ3) is 0.939. The Morgan fingerprint density at radius 2 is 2.50 bits per heavy atom. The molecule has 0 amide bonds. The molecule has 0 aliphatic carbocycles. The van der Waals surface area contributed by atoms with Crippen LogP contribution < -0.4 is 10.3 Å². The number of nitrogens with one attached hydrogen (secondary N) is 1. The number of hydrogen-bond acceptors (Lipinski definition) is 2. The lowest BCUT2D eigenvalue weighted by Gasteiger charge is -2.16. The Kier molecular flexibility index (Phi) is 1.46. The second-order valence-electron chi connectivity index (χ2n) is 2.90. The molecule has 0 aromatic rings. The van der Waals surface area contributed by atoms with Gasteiger partial charge in [0, 0.05) is 13.0 Å². The standard InChI is InChI=1S/C8H12N2/c1-2-7-3-5-9-6-8(7)10-4-1/h4,6-7,9H,1-3,5H2/q+1. The molecule has 1 atom stereocenters. The number of allylic oxidation sites excluding steroid dienone is 1. The van der Waals surface area contributed by atoms with Crippen LogP contribution in [0.1, 0.15) is 19.3 Å². The number of hydrogen-bond donors (Lipinski definition) is 1. The van der Waals surface area contributed by atoms with E-state index in [1.807, 2.05) is 6.21 Å². The smallest absolute Gasteiger partial charge is 0.272 e. The fraction of sp³-hybridized carbons (Fsp3) is 0.625. The second kappa shape index (κ2) is 2.45. The highest BCUT2D eigenvalue weighted by atomic mass is 14.9. The first kappa shape index (κ1) is 5.96. The van der Waals surface area contributed by atoms with Crippen molar-refractivity contribution in [3.05, 3.63) is 11.9 Å². The predicted molar refractivity (Wildman–Crippen MR) is 41.6 cm³/mol. The van der Waals surface area contributed by atoms with E-state index in [1.54, 1.807) is 0 Å². The van der Waals surface area contributed by atoms with Crippen molar-refractivity contribution in [2.24, 2.45) is 5.92 Å². The minimum absolute atomic E-state index is 0.756. The normalized spacial score (nSPS) is 30.4. The average molecular weight is 136 g/mol. The molecule has 2 heterocycles. The maximum absolute atomic E-state index is 4.33. The molecule has 2 heteroatoms. The first-order chi connectivity index (χ1) is 4.97. The minimum atomic E-state index is 0.756. The number of fused-ring (bicyclic) bond motifs is 1. The van der Waals surface area contributed by atoms with Crippen LogP contribution in [0.25, 0.3) is 0 Å². The molecule has 2 rings (SSSR count). The van der Waals surface area contributed by atoms with Crippen LogP contribution in [0.5, 0.6) is 0 Å². The summed E-state index contributed by atoms with van der Waals surface area (Å²) >= 11 is 0. The highest BCUT2D eigenvalue weighted by Crippen LogP contribution is 2.22. The Balaban J connectivity index is 2.21. The summed E-state index contributed by atoms with van der Waals surface area (Å²) in [6.45, 7) is 1.13. The van der Waals surface area contributed by atoms with Gasteiger partial charge in [0.2, 0.25) is 6.21 Å². The molecular weight excluding hydrogens is 124 g/mol. The molecule has 1 N–H and O–H groups in total. The van der Waals surface area contributed by atoms with Crippen molar-refractivity contribution in [2.45, 2.75) is 19.3 Å². The van der Waals surface area contributed by atoms with Crippen LogP contribution in [0.3, 0.4) is 0 Å². The number of aliphatic imine (C=N–C) groups is 1. The lowest BCUT2D eigenvalue weighted by atomic mass is 9.93. The van der Waals surface area contributed by atoms with Gasteiger partial charge in [-0.25, -0.2) is 0 Å². The fourth-order valence-corrected chi connectivity index (χ4v) is 1.58. The zero-order valence-electron chi connectivity index (χ0n) is 6.01. The molecule has 0 fully saturated rings. The summed E-state index contributed by atoms with van der Waals surface area (Å²) in [6.07, 6.45) is 7.82. The van der Waals surface area contributed by atoms with E-state index < -0.39 is 0 Å². The van der Waals surface area contributed by atoms with Gasteiger partial charge in [-0.1, -0.05) is 0 Å². The molecule has 2 aliphatic heterocycles. The molecule has 1 unspecified atom stereocenters. The lowest BCUT2D eigenvalue weighted by molar-refractivity contribution is 0.468. The molecule has 0 saturated carbocycles. The van der Waals surface area contributed by atoms with Gasteiger partial charge in [-0.2, -0.15) is 0 Å². The highest BCUT2D eigenvalue weighted by Gasteiger charge is 2.27. The summed E-state index contributed by atoms with van der Waals surface area (Å²) in [4.78, 5) is 4.33. The molecule has 2 aliphatic rings. The van der Waals surface area contributed by atoms with Crippen molar-refractivity contribution in [1.82, 2.24) is 10.3 Å². The second-order valence-corrected chi connectivity index (χ2v) is 2.90. The summed E-state index contributed by atoms with van der Waals surface area (Å²) in [7, 11) is 0. The van der Waals surface area contributed by atoms with E-state index in [0.717, 1.165) is 12.5 Å². The van der Waals surface area contributed by atoms with E-state index in [9.17, 15) is 0 Å². The van der Waals surface area contributed by atoms with Gasteiger partial charge in [-0.15, -0.1) is 0 Å². The lowest BCUT2D eigenvalue weighted by Crippen LogP contribution is -2.26. The van der Waals surface area contributed by atoms with Crippen molar-refractivity contribution in [3.8, 4) is 0 Å². The summed E-state index contributed by atoms with van der Waals surface area (Å²) < 4.78 is 0. The molecular formula is C8H12N2+. The molecule has 1 radical (unpaired) electrons. The van der Waals surface area contributed by atoms with Crippen molar-refractivity contribution >= 4 is 6.21 Å². The van der Waals surface area contributed by atoms with Crippen molar-refractivity contribution < 1.29 is 0 Å². The largest absolute Gasteiger partial charge is 0.386 e.